The van der Waals surface area contributed by atoms with Crippen molar-refractivity contribution in [2.75, 3.05) is 34.1 Å². The second kappa shape index (κ2) is 10.4. The summed E-state index contributed by atoms with van der Waals surface area (Å²) in [7, 11) is 0.735. The third kappa shape index (κ3) is 7.06. The van der Waals surface area contributed by atoms with Crippen LogP contribution >= 0.6 is 0 Å². The van der Waals surface area contributed by atoms with E-state index in [0.717, 1.165) is 6.26 Å². The third-order valence-corrected chi connectivity index (χ3v) is 4.80. The lowest BCUT2D eigenvalue weighted by molar-refractivity contribution is 0.0721. The van der Waals surface area contributed by atoms with Gasteiger partial charge in [0.15, 0.2) is 11.5 Å². The summed E-state index contributed by atoms with van der Waals surface area (Å²) in [6.45, 7) is 4.77. The van der Waals surface area contributed by atoms with Crippen molar-refractivity contribution in [3.63, 3.8) is 0 Å². The van der Waals surface area contributed by atoms with Gasteiger partial charge >= 0.3 is 10.1 Å². The molecule has 0 heterocycles. The van der Waals surface area contributed by atoms with Gasteiger partial charge in [0.1, 0.15) is 11.5 Å². The largest absolute Gasteiger partial charge is 0.497 e. The van der Waals surface area contributed by atoms with Crippen LogP contribution < -0.4 is 18.4 Å². The fourth-order valence-electron chi connectivity index (χ4n) is 3.04. The maximum absolute atomic E-state index is 13.3. The van der Waals surface area contributed by atoms with E-state index in [1.165, 1.54) is 21.3 Å². The van der Waals surface area contributed by atoms with E-state index in [9.17, 15) is 13.2 Å². The molecule has 2 rings (SSSR count). The first-order valence-electron chi connectivity index (χ1n) is 9.65. The zero-order valence-electron chi connectivity index (χ0n) is 18.7. The Labute approximate surface area is 183 Å². The highest BCUT2D eigenvalue weighted by atomic mass is 32.2. The number of amides is 1. The molecule has 0 radical (unpaired) electrons. The maximum Gasteiger partial charge on any atom is 0.306 e. The van der Waals surface area contributed by atoms with E-state index in [1.54, 1.807) is 41.3 Å². The molecule has 0 aliphatic carbocycles. The standard InChI is InChI=1S/C22H29NO7S/c1-15(2)13-23(22(24)17-10-18(27-3)12-19(11-17)28-4)14-16-7-8-20(29-5)21(9-16)30-31(6,25)26/h7-12,15H,13-14H2,1-6H3. The lowest BCUT2D eigenvalue weighted by Crippen LogP contribution is -2.33. The van der Waals surface area contributed by atoms with E-state index in [4.69, 9.17) is 18.4 Å². The molecule has 0 N–H and O–H groups in total. The van der Waals surface area contributed by atoms with Crippen LogP contribution in [-0.4, -0.2) is 53.4 Å². The number of benzene rings is 2. The van der Waals surface area contributed by atoms with Gasteiger partial charge in [0.05, 0.1) is 27.6 Å². The summed E-state index contributed by atoms with van der Waals surface area (Å²) in [5.41, 5.74) is 1.13. The first kappa shape index (κ1) is 24.3. The molecular formula is C22H29NO7S. The van der Waals surface area contributed by atoms with E-state index < -0.39 is 10.1 Å². The summed E-state index contributed by atoms with van der Waals surface area (Å²) in [4.78, 5) is 15.0. The monoisotopic (exact) mass is 451 g/mol. The van der Waals surface area contributed by atoms with Crippen LogP contribution in [0.1, 0.15) is 29.8 Å². The summed E-state index contributed by atoms with van der Waals surface area (Å²) in [5.74, 6) is 1.39. The molecule has 0 unspecified atom stereocenters. The topological polar surface area (TPSA) is 91.4 Å². The van der Waals surface area contributed by atoms with Crippen molar-refractivity contribution in [3.8, 4) is 23.0 Å². The molecule has 0 aliphatic heterocycles. The molecular weight excluding hydrogens is 422 g/mol. The van der Waals surface area contributed by atoms with Gasteiger partial charge in [-0.15, -0.1) is 0 Å². The van der Waals surface area contributed by atoms with E-state index in [1.807, 2.05) is 13.8 Å². The van der Waals surface area contributed by atoms with Gasteiger partial charge in [-0.2, -0.15) is 8.42 Å². The van der Waals surface area contributed by atoms with E-state index in [2.05, 4.69) is 0 Å². The average molecular weight is 452 g/mol. The summed E-state index contributed by atoms with van der Waals surface area (Å²) in [6.07, 6.45) is 0.962. The predicted octanol–water partition coefficient (Wildman–Crippen LogP) is 3.35. The maximum atomic E-state index is 13.3. The molecule has 2 aromatic carbocycles. The Kier molecular flexibility index (Phi) is 8.15. The van der Waals surface area contributed by atoms with Crippen LogP contribution in [0.5, 0.6) is 23.0 Å². The lowest BCUT2D eigenvalue weighted by atomic mass is 10.1. The fourth-order valence-corrected chi connectivity index (χ4v) is 3.50. The normalized spacial score (nSPS) is 11.2. The Balaban J connectivity index is 2.40. The van der Waals surface area contributed by atoms with Gasteiger partial charge < -0.3 is 23.3 Å². The number of hydrogen-bond donors (Lipinski definition) is 0. The predicted molar refractivity (Wildman–Crippen MR) is 118 cm³/mol. The molecule has 9 heteroatoms. The Hall–Kier alpha value is -2.94. The number of rotatable bonds is 10. The molecule has 0 aliphatic rings. The quantitative estimate of drug-likeness (QED) is 0.512. The molecule has 31 heavy (non-hydrogen) atoms. The van der Waals surface area contributed by atoms with Crippen LogP contribution in [0.15, 0.2) is 36.4 Å². The Morgan fingerprint density at radius 2 is 1.55 bits per heavy atom. The summed E-state index contributed by atoms with van der Waals surface area (Å²) in [5, 5.41) is 0. The summed E-state index contributed by atoms with van der Waals surface area (Å²) in [6, 6.07) is 9.95. The van der Waals surface area contributed by atoms with E-state index in [0.29, 0.717) is 29.2 Å². The van der Waals surface area contributed by atoms with E-state index >= 15 is 0 Å². The molecule has 170 valence electrons. The SMILES string of the molecule is COc1cc(OC)cc(C(=O)N(Cc2ccc(OC)c(OS(C)(=O)=O)c2)CC(C)C)c1. The van der Waals surface area contributed by atoms with Gasteiger partial charge in [0, 0.05) is 24.7 Å². The number of ether oxygens (including phenoxy) is 3. The molecule has 0 spiro atoms. The van der Waals surface area contributed by atoms with Gasteiger partial charge in [-0.05, 0) is 35.7 Å². The molecule has 1 amide bonds. The minimum atomic E-state index is -3.74. The van der Waals surface area contributed by atoms with Crippen LogP contribution in [0, 0.1) is 5.92 Å². The smallest absolute Gasteiger partial charge is 0.306 e. The first-order chi connectivity index (χ1) is 14.6. The van der Waals surface area contributed by atoms with Crippen molar-refractivity contribution >= 4 is 16.0 Å². The zero-order valence-corrected chi connectivity index (χ0v) is 19.5. The number of carbonyl (C=O) groups is 1. The van der Waals surface area contributed by atoms with E-state index in [-0.39, 0.29) is 29.9 Å². The minimum Gasteiger partial charge on any atom is -0.497 e. The van der Waals surface area contributed by atoms with Crippen molar-refractivity contribution in [2.24, 2.45) is 5.92 Å². The highest BCUT2D eigenvalue weighted by molar-refractivity contribution is 7.86. The first-order valence-corrected chi connectivity index (χ1v) is 11.5. The fraction of sp³-hybridized carbons (Fsp3) is 0.409. The molecule has 8 nitrogen and oxygen atoms in total. The average Bonchev–Trinajstić information content (AvgIpc) is 2.71. The molecule has 0 aromatic heterocycles. The van der Waals surface area contributed by atoms with Gasteiger partial charge in [-0.3, -0.25) is 4.79 Å². The summed E-state index contributed by atoms with van der Waals surface area (Å²) < 4.78 is 44.0. The number of carbonyl (C=O) groups excluding carboxylic acids is 1. The van der Waals surface area contributed by atoms with Crippen molar-refractivity contribution in [1.29, 1.82) is 0 Å². The van der Waals surface area contributed by atoms with Crippen molar-refractivity contribution < 1.29 is 31.6 Å². The van der Waals surface area contributed by atoms with Crippen LogP contribution in [0.4, 0.5) is 0 Å². The summed E-state index contributed by atoms with van der Waals surface area (Å²) >= 11 is 0. The molecule has 2 aromatic rings. The van der Waals surface area contributed by atoms with Crippen LogP contribution in [0.2, 0.25) is 0 Å². The van der Waals surface area contributed by atoms with Crippen LogP contribution in [0.3, 0.4) is 0 Å². The van der Waals surface area contributed by atoms with Crippen molar-refractivity contribution in [2.45, 2.75) is 20.4 Å². The molecule has 0 bridgehead atoms. The highest BCUT2D eigenvalue weighted by Gasteiger charge is 2.20. The molecule has 0 saturated carbocycles. The van der Waals surface area contributed by atoms with Gasteiger partial charge in [-0.25, -0.2) is 0 Å². The second-order valence-electron chi connectivity index (χ2n) is 7.45. The lowest BCUT2D eigenvalue weighted by Gasteiger charge is -2.25. The zero-order chi connectivity index (χ0) is 23.2. The number of hydrogen-bond acceptors (Lipinski definition) is 7. The third-order valence-electron chi connectivity index (χ3n) is 4.31. The van der Waals surface area contributed by atoms with Gasteiger partial charge in [0.2, 0.25) is 0 Å². The molecule has 0 atom stereocenters. The highest BCUT2D eigenvalue weighted by Crippen LogP contribution is 2.30. The second-order valence-corrected chi connectivity index (χ2v) is 9.03. The van der Waals surface area contributed by atoms with Crippen LogP contribution in [-0.2, 0) is 16.7 Å². The number of methoxy groups -OCH3 is 3. The number of nitrogens with zero attached hydrogens (tertiary/aromatic N) is 1. The van der Waals surface area contributed by atoms with Gasteiger partial charge in [-0.1, -0.05) is 19.9 Å². The van der Waals surface area contributed by atoms with Crippen LogP contribution in [0.25, 0.3) is 0 Å². The van der Waals surface area contributed by atoms with Gasteiger partial charge in [0.25, 0.3) is 5.91 Å². The Morgan fingerprint density at radius 3 is 2.03 bits per heavy atom. The minimum absolute atomic E-state index is 0.0718. The molecule has 0 saturated heterocycles. The molecule has 0 fully saturated rings. The Morgan fingerprint density at radius 1 is 0.935 bits per heavy atom. The van der Waals surface area contributed by atoms with Crippen molar-refractivity contribution in [1.82, 2.24) is 4.90 Å². The van der Waals surface area contributed by atoms with Crippen molar-refractivity contribution in [3.05, 3.63) is 47.5 Å². The Bertz CT molecular complexity index is 996.